The lowest BCUT2D eigenvalue weighted by atomic mass is 10.2. The van der Waals surface area contributed by atoms with E-state index in [-0.39, 0.29) is 17.1 Å². The third kappa shape index (κ3) is 4.57. The van der Waals surface area contributed by atoms with Crippen molar-refractivity contribution in [3.8, 4) is 0 Å². The van der Waals surface area contributed by atoms with E-state index in [1.807, 2.05) is 6.92 Å². The Morgan fingerprint density at radius 2 is 1.85 bits per heavy atom. The quantitative estimate of drug-likeness (QED) is 0.700. The standard InChI is InChI=1S/C18H18Cl3FN4O/c1-11-4-5-25(17-14(20)9-23-10-15(17)21)6-7-26(11)18(27)24-12-2-3-16(22)13(19)8-12/h2-3,8-11H,4-7H2,1H3,(H,24,27). The van der Waals surface area contributed by atoms with Crippen LogP contribution in [0.5, 0.6) is 0 Å². The van der Waals surface area contributed by atoms with Gasteiger partial charge in [-0.1, -0.05) is 34.8 Å². The number of rotatable bonds is 2. The van der Waals surface area contributed by atoms with Gasteiger partial charge in [0.05, 0.1) is 20.8 Å². The number of hydrogen-bond donors (Lipinski definition) is 1. The lowest BCUT2D eigenvalue weighted by molar-refractivity contribution is 0.196. The molecule has 0 spiro atoms. The lowest BCUT2D eigenvalue weighted by Gasteiger charge is -2.27. The van der Waals surface area contributed by atoms with E-state index in [9.17, 15) is 9.18 Å². The van der Waals surface area contributed by atoms with Crippen molar-refractivity contribution in [2.75, 3.05) is 29.9 Å². The number of nitrogens with one attached hydrogen (secondary N) is 1. The number of nitrogens with zero attached hydrogens (tertiary/aromatic N) is 3. The fourth-order valence-electron chi connectivity index (χ4n) is 3.06. The van der Waals surface area contributed by atoms with Crippen LogP contribution in [-0.2, 0) is 0 Å². The first kappa shape index (κ1) is 20.0. The summed E-state index contributed by atoms with van der Waals surface area (Å²) in [6, 6.07) is 3.83. The molecule has 1 unspecified atom stereocenters. The molecular formula is C18H18Cl3FN4O. The molecule has 144 valence electrons. The van der Waals surface area contributed by atoms with E-state index in [4.69, 9.17) is 34.8 Å². The van der Waals surface area contributed by atoms with Gasteiger partial charge >= 0.3 is 6.03 Å². The first-order chi connectivity index (χ1) is 12.9. The normalized spacial score (nSPS) is 17.6. The van der Waals surface area contributed by atoms with Crippen molar-refractivity contribution < 1.29 is 9.18 Å². The van der Waals surface area contributed by atoms with E-state index in [0.717, 1.165) is 12.1 Å². The molecule has 27 heavy (non-hydrogen) atoms. The second kappa shape index (κ2) is 8.50. The van der Waals surface area contributed by atoms with E-state index < -0.39 is 5.82 Å². The Kier molecular flexibility index (Phi) is 6.29. The summed E-state index contributed by atoms with van der Waals surface area (Å²) in [6.07, 6.45) is 3.85. The van der Waals surface area contributed by atoms with Gasteiger partial charge in [-0.15, -0.1) is 0 Å². The Balaban J connectivity index is 1.72. The minimum absolute atomic E-state index is 0.00492. The Labute approximate surface area is 172 Å². The van der Waals surface area contributed by atoms with Crippen LogP contribution >= 0.6 is 34.8 Å². The highest BCUT2D eigenvalue weighted by Crippen LogP contribution is 2.33. The fourth-order valence-corrected chi connectivity index (χ4v) is 3.84. The first-order valence-electron chi connectivity index (χ1n) is 8.43. The molecule has 1 aromatic heterocycles. The van der Waals surface area contributed by atoms with Gasteiger partial charge in [0.1, 0.15) is 5.82 Å². The van der Waals surface area contributed by atoms with Crippen LogP contribution in [0, 0.1) is 5.82 Å². The molecule has 2 aromatic rings. The molecule has 0 bridgehead atoms. The number of hydrogen-bond acceptors (Lipinski definition) is 3. The number of carbonyl (C=O) groups is 1. The molecule has 1 aromatic carbocycles. The highest BCUT2D eigenvalue weighted by atomic mass is 35.5. The molecule has 1 N–H and O–H groups in total. The maximum atomic E-state index is 13.3. The van der Waals surface area contributed by atoms with E-state index in [0.29, 0.717) is 35.4 Å². The third-order valence-electron chi connectivity index (χ3n) is 4.54. The zero-order valence-corrected chi connectivity index (χ0v) is 16.8. The number of pyridine rings is 1. The van der Waals surface area contributed by atoms with Gasteiger partial charge in [-0.3, -0.25) is 4.98 Å². The molecule has 0 aliphatic carbocycles. The first-order valence-corrected chi connectivity index (χ1v) is 9.57. The van der Waals surface area contributed by atoms with Crippen molar-refractivity contribution in [1.82, 2.24) is 9.88 Å². The SMILES string of the molecule is CC1CCN(c2c(Cl)cncc2Cl)CCN1C(=O)Nc1ccc(F)c(Cl)c1. The van der Waals surface area contributed by atoms with Gasteiger partial charge in [0, 0.05) is 43.8 Å². The van der Waals surface area contributed by atoms with Crippen molar-refractivity contribution in [3.05, 3.63) is 51.5 Å². The Morgan fingerprint density at radius 3 is 2.52 bits per heavy atom. The van der Waals surface area contributed by atoms with E-state index in [1.165, 1.54) is 18.2 Å². The van der Waals surface area contributed by atoms with Gasteiger partial charge in [0.2, 0.25) is 0 Å². The zero-order valence-electron chi connectivity index (χ0n) is 14.6. The third-order valence-corrected chi connectivity index (χ3v) is 5.38. The van der Waals surface area contributed by atoms with Gasteiger partial charge in [0.25, 0.3) is 0 Å². The van der Waals surface area contributed by atoms with Crippen molar-refractivity contribution >= 4 is 52.2 Å². The molecular weight excluding hydrogens is 414 g/mol. The number of carbonyl (C=O) groups excluding carboxylic acids is 1. The van der Waals surface area contributed by atoms with Crippen LogP contribution < -0.4 is 10.2 Å². The Bertz CT molecular complexity index is 831. The number of amides is 2. The van der Waals surface area contributed by atoms with E-state index in [1.54, 1.807) is 17.3 Å². The molecule has 1 atom stereocenters. The van der Waals surface area contributed by atoms with Gasteiger partial charge in [-0.05, 0) is 31.5 Å². The molecule has 1 aliphatic rings. The van der Waals surface area contributed by atoms with E-state index >= 15 is 0 Å². The smallest absolute Gasteiger partial charge is 0.322 e. The highest BCUT2D eigenvalue weighted by Gasteiger charge is 2.27. The summed E-state index contributed by atoms with van der Waals surface area (Å²) in [7, 11) is 0. The average Bonchev–Trinajstić information content (AvgIpc) is 2.80. The number of halogens is 4. The predicted molar refractivity (Wildman–Crippen MR) is 108 cm³/mol. The molecule has 9 heteroatoms. The van der Waals surface area contributed by atoms with Gasteiger partial charge in [-0.2, -0.15) is 0 Å². The van der Waals surface area contributed by atoms with Gasteiger partial charge in [-0.25, -0.2) is 9.18 Å². The van der Waals surface area contributed by atoms with Crippen molar-refractivity contribution in [3.63, 3.8) is 0 Å². The average molecular weight is 432 g/mol. The Hall–Kier alpha value is -1.76. The molecule has 1 fully saturated rings. The van der Waals surface area contributed by atoms with Crippen LogP contribution in [0.2, 0.25) is 15.1 Å². The summed E-state index contributed by atoms with van der Waals surface area (Å²) < 4.78 is 13.3. The molecule has 2 heterocycles. The number of urea groups is 1. The fraction of sp³-hybridized carbons (Fsp3) is 0.333. The Morgan fingerprint density at radius 1 is 1.15 bits per heavy atom. The summed E-state index contributed by atoms with van der Waals surface area (Å²) in [5, 5.41) is 3.69. The number of benzene rings is 1. The van der Waals surface area contributed by atoms with Crippen molar-refractivity contribution in [2.24, 2.45) is 0 Å². The number of aromatic nitrogens is 1. The second-order valence-corrected chi connectivity index (χ2v) is 7.55. The summed E-state index contributed by atoms with van der Waals surface area (Å²) in [6.45, 7) is 3.75. The minimum atomic E-state index is -0.528. The van der Waals surface area contributed by atoms with E-state index in [2.05, 4.69) is 15.2 Å². The summed E-state index contributed by atoms with van der Waals surface area (Å²) in [4.78, 5) is 20.5. The largest absolute Gasteiger partial charge is 0.367 e. The minimum Gasteiger partial charge on any atom is -0.367 e. The summed E-state index contributed by atoms with van der Waals surface area (Å²) in [5.41, 5.74) is 1.17. The highest BCUT2D eigenvalue weighted by molar-refractivity contribution is 6.38. The molecule has 1 saturated heterocycles. The van der Waals surface area contributed by atoms with Gasteiger partial charge in [0.15, 0.2) is 0 Å². The second-order valence-electron chi connectivity index (χ2n) is 6.33. The van der Waals surface area contributed by atoms with Crippen LogP contribution in [0.4, 0.5) is 20.6 Å². The van der Waals surface area contributed by atoms with Crippen LogP contribution in [-0.4, -0.2) is 41.6 Å². The maximum absolute atomic E-state index is 13.3. The van der Waals surface area contributed by atoms with Crippen molar-refractivity contribution in [2.45, 2.75) is 19.4 Å². The molecule has 0 radical (unpaired) electrons. The molecule has 2 amide bonds. The van der Waals surface area contributed by atoms with Crippen LogP contribution in [0.15, 0.2) is 30.6 Å². The topological polar surface area (TPSA) is 48.5 Å². The molecule has 1 aliphatic heterocycles. The summed E-state index contributed by atoms with van der Waals surface area (Å²) >= 11 is 18.3. The summed E-state index contributed by atoms with van der Waals surface area (Å²) in [5.74, 6) is -0.528. The molecule has 0 saturated carbocycles. The zero-order chi connectivity index (χ0) is 19.6. The van der Waals surface area contributed by atoms with Crippen LogP contribution in [0.1, 0.15) is 13.3 Å². The lowest BCUT2D eigenvalue weighted by Crippen LogP contribution is -2.42. The van der Waals surface area contributed by atoms with Crippen LogP contribution in [0.25, 0.3) is 0 Å². The molecule has 5 nitrogen and oxygen atoms in total. The van der Waals surface area contributed by atoms with Gasteiger partial charge < -0.3 is 15.1 Å². The van der Waals surface area contributed by atoms with Crippen LogP contribution in [0.3, 0.4) is 0 Å². The van der Waals surface area contributed by atoms with Crippen molar-refractivity contribution in [1.29, 1.82) is 0 Å². The number of anilines is 2. The predicted octanol–water partition coefficient (Wildman–Crippen LogP) is 5.31. The molecule has 3 rings (SSSR count). The maximum Gasteiger partial charge on any atom is 0.322 e. The monoisotopic (exact) mass is 430 g/mol.